The molecule has 2 aromatic heterocycles. The van der Waals surface area contributed by atoms with Gasteiger partial charge in [-0.25, -0.2) is 0 Å². The van der Waals surface area contributed by atoms with Gasteiger partial charge in [-0.05, 0) is 81.8 Å². The minimum Gasteiger partial charge on any atom is -0.472 e. The molecule has 0 saturated carbocycles. The van der Waals surface area contributed by atoms with Crippen LogP contribution in [0.15, 0.2) is 46.0 Å². The number of hydrogen-bond donors (Lipinski definition) is 1. The smallest absolute Gasteiger partial charge is 0.114 e. The minimum atomic E-state index is -0.923. The molecular weight excluding hydrogens is 484 g/mol. The summed E-state index contributed by atoms with van der Waals surface area (Å²) in [5, 5.41) is 12.2. The molecule has 10 atom stereocenters. The number of aliphatic hydroxyl groups excluding tert-OH is 1. The van der Waals surface area contributed by atoms with E-state index < -0.39 is 17.0 Å². The van der Waals surface area contributed by atoms with Gasteiger partial charge in [0.25, 0.3) is 0 Å². The van der Waals surface area contributed by atoms with Crippen LogP contribution in [0, 0.1) is 17.3 Å². The van der Waals surface area contributed by atoms with Crippen molar-refractivity contribution < 1.29 is 18.1 Å². The number of aliphatic hydroxyl groups is 1. The first-order chi connectivity index (χ1) is 17.9. The molecular formula is C30H42N2O4S. The molecule has 0 bridgehead atoms. The first-order valence-corrected chi connectivity index (χ1v) is 15.9. The van der Waals surface area contributed by atoms with Crippen molar-refractivity contribution in [3.05, 3.63) is 48.3 Å². The fourth-order valence-electron chi connectivity index (χ4n) is 9.25. The molecule has 0 aromatic carbocycles. The lowest BCUT2D eigenvalue weighted by atomic mass is 9.65. The van der Waals surface area contributed by atoms with Crippen LogP contribution < -0.4 is 0 Å². The van der Waals surface area contributed by atoms with E-state index >= 15 is 0 Å². The number of fused-ring (bicyclic) bond motifs is 2. The fraction of sp³-hybridized carbons (Fsp3) is 0.733. The Bertz CT molecular complexity index is 1120. The minimum absolute atomic E-state index is 0.173. The zero-order valence-corrected chi connectivity index (χ0v) is 23.1. The third kappa shape index (κ3) is 3.78. The second-order valence-corrected chi connectivity index (χ2v) is 15.0. The predicted molar refractivity (Wildman–Crippen MR) is 143 cm³/mol. The number of rotatable bonds is 2. The van der Waals surface area contributed by atoms with Crippen molar-refractivity contribution in [2.75, 3.05) is 12.3 Å². The molecule has 6 nitrogen and oxygen atoms in total. The van der Waals surface area contributed by atoms with Crippen molar-refractivity contribution >= 4 is 10.8 Å². The molecule has 2 aromatic rings. The van der Waals surface area contributed by atoms with Crippen molar-refractivity contribution in [1.29, 1.82) is 0 Å². The Balaban J connectivity index is 1.16. The van der Waals surface area contributed by atoms with Crippen LogP contribution >= 0.6 is 0 Å². The molecule has 5 aliphatic heterocycles. The van der Waals surface area contributed by atoms with E-state index in [0.29, 0.717) is 35.7 Å². The number of piperidine rings is 4. The third-order valence-corrected chi connectivity index (χ3v) is 13.6. The van der Waals surface area contributed by atoms with Crippen molar-refractivity contribution in [2.24, 2.45) is 17.3 Å². The summed E-state index contributed by atoms with van der Waals surface area (Å²) in [7, 11) is -0.923. The highest BCUT2D eigenvalue weighted by Crippen LogP contribution is 2.59. The van der Waals surface area contributed by atoms with Crippen LogP contribution in [0.25, 0.3) is 0 Å². The summed E-state index contributed by atoms with van der Waals surface area (Å²) < 4.78 is 24.9. The van der Waals surface area contributed by atoms with Gasteiger partial charge >= 0.3 is 0 Å². The van der Waals surface area contributed by atoms with Crippen LogP contribution in [-0.2, 0) is 10.8 Å². The monoisotopic (exact) mass is 526 g/mol. The van der Waals surface area contributed by atoms with E-state index in [4.69, 9.17) is 8.83 Å². The second-order valence-electron chi connectivity index (χ2n) is 13.2. The highest BCUT2D eigenvalue weighted by molar-refractivity contribution is 7.86. The summed E-state index contributed by atoms with van der Waals surface area (Å²) in [5.41, 5.74) is 2.19. The predicted octanol–water partition coefficient (Wildman–Crippen LogP) is 5.64. The fourth-order valence-corrected chi connectivity index (χ4v) is 11.6. The van der Waals surface area contributed by atoms with Crippen LogP contribution in [0.5, 0.6) is 0 Å². The van der Waals surface area contributed by atoms with Gasteiger partial charge in [-0.3, -0.25) is 14.0 Å². The van der Waals surface area contributed by atoms with Gasteiger partial charge in [0.2, 0.25) is 0 Å². The Hall–Kier alpha value is -1.41. The summed E-state index contributed by atoms with van der Waals surface area (Å²) in [6.45, 7) is 5.73. The molecule has 10 unspecified atom stereocenters. The largest absolute Gasteiger partial charge is 0.472 e. The average Bonchev–Trinajstić information content (AvgIpc) is 3.66. The van der Waals surface area contributed by atoms with E-state index in [9.17, 15) is 9.32 Å². The van der Waals surface area contributed by atoms with Gasteiger partial charge in [-0.1, -0.05) is 13.8 Å². The summed E-state index contributed by atoms with van der Waals surface area (Å²) in [6, 6.07) is 5.62. The van der Waals surface area contributed by atoms with Gasteiger partial charge in [-0.2, -0.15) is 0 Å². The molecule has 0 amide bonds. The number of furan rings is 2. The Morgan fingerprint density at radius 3 is 2.30 bits per heavy atom. The van der Waals surface area contributed by atoms with Crippen molar-refractivity contribution in [3.8, 4) is 0 Å². The SMILES string of the molecule is CC1CCC(c2ccoc2)N2CCC3(CC12)CC1(CCC2C(C)CCC(c4ccoc4)N2C1O)CS3=O. The van der Waals surface area contributed by atoms with Crippen LogP contribution in [0.3, 0.4) is 0 Å². The first kappa shape index (κ1) is 24.6. The Morgan fingerprint density at radius 2 is 1.59 bits per heavy atom. The molecule has 202 valence electrons. The van der Waals surface area contributed by atoms with E-state index in [1.54, 1.807) is 12.5 Å². The zero-order chi connectivity index (χ0) is 25.4. The standard InChI is InChI=1S/C30H42N2O4S/c1-20-4-6-26(23-9-14-36-17-23)32-24(20)7-10-29(28(32)33)18-30(37(34)19-29)11-12-31-25(22-8-13-35-16-22)5-3-21(2)27(31)15-30/h8-9,13-14,16-17,20-21,24-28,33H,3-7,10-12,15,18-19H2,1-2H3. The van der Waals surface area contributed by atoms with E-state index in [0.717, 1.165) is 45.1 Å². The van der Waals surface area contributed by atoms with Crippen LogP contribution in [0.2, 0.25) is 0 Å². The molecule has 5 aliphatic rings. The normalized spacial score (nSPS) is 46.8. The lowest BCUT2D eigenvalue weighted by Gasteiger charge is -2.57. The van der Waals surface area contributed by atoms with E-state index in [1.165, 1.54) is 30.4 Å². The molecule has 5 saturated heterocycles. The topological polar surface area (TPSA) is 70.1 Å². The quantitative estimate of drug-likeness (QED) is 0.546. The maximum absolute atomic E-state index is 14.1. The molecule has 7 rings (SSSR count). The lowest BCUT2D eigenvalue weighted by molar-refractivity contribution is -0.182. The second kappa shape index (κ2) is 9.07. The van der Waals surface area contributed by atoms with Gasteiger partial charge in [-0.15, -0.1) is 0 Å². The number of hydrogen-bond acceptors (Lipinski definition) is 6. The first-order valence-electron chi connectivity index (χ1n) is 14.5. The highest BCUT2D eigenvalue weighted by Gasteiger charge is 2.63. The van der Waals surface area contributed by atoms with E-state index in [-0.39, 0.29) is 16.2 Å². The third-order valence-electron chi connectivity index (χ3n) is 11.3. The van der Waals surface area contributed by atoms with E-state index in [1.807, 2.05) is 12.5 Å². The Labute approximate surface area is 223 Å². The van der Waals surface area contributed by atoms with Gasteiger partial charge in [0.15, 0.2) is 0 Å². The Morgan fingerprint density at radius 1 is 0.919 bits per heavy atom. The van der Waals surface area contributed by atoms with Crippen molar-refractivity contribution in [2.45, 2.75) is 107 Å². The van der Waals surface area contributed by atoms with Gasteiger partial charge in [0, 0.05) is 68.6 Å². The molecule has 7 heterocycles. The average molecular weight is 527 g/mol. The summed E-state index contributed by atoms with van der Waals surface area (Å²) in [5.74, 6) is 1.82. The summed E-state index contributed by atoms with van der Waals surface area (Å²) in [4.78, 5) is 5.12. The van der Waals surface area contributed by atoms with Crippen LogP contribution in [-0.4, -0.2) is 54.5 Å². The van der Waals surface area contributed by atoms with Crippen LogP contribution in [0.1, 0.15) is 94.8 Å². The van der Waals surface area contributed by atoms with Gasteiger partial charge < -0.3 is 13.9 Å². The molecule has 5 fully saturated rings. The maximum atomic E-state index is 14.1. The number of nitrogens with zero attached hydrogens (tertiary/aromatic N) is 2. The van der Waals surface area contributed by atoms with E-state index in [2.05, 4.69) is 35.8 Å². The summed E-state index contributed by atoms with van der Waals surface area (Å²) in [6.07, 6.45) is 16.3. The Kier molecular flexibility index (Phi) is 6.04. The zero-order valence-electron chi connectivity index (χ0n) is 22.3. The van der Waals surface area contributed by atoms with Crippen molar-refractivity contribution in [3.63, 3.8) is 0 Å². The molecule has 0 radical (unpaired) electrons. The highest BCUT2D eigenvalue weighted by atomic mass is 32.2. The lowest BCUT2D eigenvalue weighted by Crippen LogP contribution is -2.62. The maximum Gasteiger partial charge on any atom is 0.114 e. The molecule has 2 spiro atoms. The van der Waals surface area contributed by atoms with Crippen LogP contribution in [0.4, 0.5) is 0 Å². The molecule has 7 heteroatoms. The molecule has 1 N–H and O–H groups in total. The van der Waals surface area contributed by atoms with Gasteiger partial charge in [0.1, 0.15) is 6.23 Å². The molecule has 37 heavy (non-hydrogen) atoms. The summed E-state index contributed by atoms with van der Waals surface area (Å²) >= 11 is 0. The van der Waals surface area contributed by atoms with Gasteiger partial charge in [0.05, 0.1) is 25.1 Å². The van der Waals surface area contributed by atoms with Crippen molar-refractivity contribution in [1.82, 2.24) is 9.80 Å². The molecule has 0 aliphatic carbocycles.